The highest BCUT2D eigenvalue weighted by molar-refractivity contribution is 14.2. The highest BCUT2D eigenvalue weighted by Gasteiger charge is 2.14. The van der Waals surface area contributed by atoms with Crippen LogP contribution in [0.2, 0.25) is 0 Å². The normalized spacial score (nSPS) is 16.9. The molecular weight excluding hydrogens is 283 g/mol. The van der Waals surface area contributed by atoms with Crippen molar-refractivity contribution >= 4 is 30.7 Å². The van der Waals surface area contributed by atoms with Crippen LogP contribution in [0.1, 0.15) is 6.92 Å². The maximum absolute atomic E-state index is 11.0. The number of halogens is 1. The summed E-state index contributed by atoms with van der Waals surface area (Å²) in [5.41, 5.74) is 0. The van der Waals surface area contributed by atoms with E-state index >= 15 is 0 Å². The molecule has 0 fully saturated rings. The van der Waals surface area contributed by atoms with Crippen molar-refractivity contribution < 1.29 is 14.3 Å². The molecule has 0 saturated heterocycles. The molecule has 72 valence electrons. The van der Waals surface area contributed by atoms with E-state index in [1.165, 1.54) is 7.11 Å². The van der Waals surface area contributed by atoms with Crippen LogP contribution in [0, 0.1) is 0 Å². The highest BCUT2D eigenvalue weighted by Crippen LogP contribution is 2.13. The number of esters is 1. The molecule has 0 N–H and O–H groups in total. The van der Waals surface area contributed by atoms with Crippen LogP contribution < -0.4 is 0 Å². The van der Waals surface area contributed by atoms with Gasteiger partial charge in [-0.1, -0.05) is 20.7 Å². The Bertz CT molecular complexity index is 279. The first-order chi connectivity index (χ1) is 6.24. The van der Waals surface area contributed by atoms with E-state index in [1.54, 1.807) is 6.92 Å². The summed E-state index contributed by atoms with van der Waals surface area (Å²) in [4.78, 5) is 11.0. The van der Waals surface area contributed by atoms with Crippen LogP contribution >= 0.6 is 20.7 Å². The number of ether oxygens (including phenoxy) is 2. The van der Waals surface area contributed by atoms with Crippen molar-refractivity contribution in [1.82, 2.24) is 0 Å². The number of carbonyl (C=O) groups excluding carboxylic acids is 1. The van der Waals surface area contributed by atoms with Gasteiger partial charge in [-0.25, -0.2) is 4.79 Å². The third-order valence-corrected chi connectivity index (χ3v) is 3.00. The summed E-state index contributed by atoms with van der Waals surface area (Å²) in [5.74, 6) is 0.374. The van der Waals surface area contributed by atoms with Crippen molar-refractivity contribution in [2.45, 2.75) is 13.0 Å². The first kappa shape index (κ1) is 10.4. The number of carbonyl (C=O) groups is 1. The van der Waals surface area contributed by atoms with Crippen LogP contribution in [0.25, 0.3) is 0 Å². The van der Waals surface area contributed by atoms with Gasteiger partial charge in [0.1, 0.15) is 5.76 Å². The lowest BCUT2D eigenvalue weighted by Gasteiger charge is -2.13. The standard InChI is InChI=1S/C9H11IO3/c1-7(9(11)12-2)13-8-3-5-10-6-4-8/h3-7H,1-2H3/t7-/m0/s1. The highest BCUT2D eigenvalue weighted by atomic mass is 127. The molecule has 1 aliphatic rings. The molecule has 0 amide bonds. The van der Waals surface area contributed by atoms with Crippen molar-refractivity contribution in [3.63, 3.8) is 0 Å². The minimum atomic E-state index is -0.536. The predicted molar refractivity (Wildman–Crippen MR) is 59.9 cm³/mol. The van der Waals surface area contributed by atoms with Crippen LogP contribution in [0.3, 0.4) is 0 Å². The van der Waals surface area contributed by atoms with Crippen LogP contribution in [-0.2, 0) is 14.3 Å². The van der Waals surface area contributed by atoms with Gasteiger partial charge >= 0.3 is 5.97 Å². The maximum atomic E-state index is 11.0. The monoisotopic (exact) mass is 294 g/mol. The molecule has 0 aromatic heterocycles. The Hall–Kier alpha value is -0.650. The molecule has 0 aromatic rings. The first-order valence-corrected chi connectivity index (χ1v) is 6.29. The summed E-state index contributed by atoms with van der Waals surface area (Å²) in [6.07, 6.45) is 3.25. The van der Waals surface area contributed by atoms with Gasteiger partial charge in [-0.05, 0) is 27.2 Å². The Labute approximate surface area is 87.2 Å². The van der Waals surface area contributed by atoms with E-state index in [0.717, 1.165) is 5.76 Å². The molecule has 0 aromatic carbocycles. The summed E-state index contributed by atoms with van der Waals surface area (Å²) in [5, 5.41) is 0. The van der Waals surface area contributed by atoms with Gasteiger partial charge in [-0.15, -0.1) is 0 Å². The van der Waals surface area contributed by atoms with Gasteiger partial charge in [0.25, 0.3) is 0 Å². The number of hydrogen-bond acceptors (Lipinski definition) is 3. The number of allylic oxidation sites excluding steroid dienone is 2. The lowest BCUT2D eigenvalue weighted by molar-refractivity contribution is -0.150. The average Bonchev–Trinajstić information content (AvgIpc) is 2.18. The maximum Gasteiger partial charge on any atom is 0.346 e. The summed E-state index contributed by atoms with van der Waals surface area (Å²) in [7, 11) is 1.35. The molecule has 0 radical (unpaired) electrons. The fourth-order valence-electron chi connectivity index (χ4n) is 0.791. The molecule has 0 saturated carbocycles. The van der Waals surface area contributed by atoms with E-state index < -0.39 is 6.10 Å². The van der Waals surface area contributed by atoms with Crippen molar-refractivity contribution in [3.8, 4) is 0 Å². The van der Waals surface area contributed by atoms with Gasteiger partial charge < -0.3 is 9.47 Å². The quantitative estimate of drug-likeness (QED) is 0.587. The van der Waals surface area contributed by atoms with E-state index in [-0.39, 0.29) is 26.7 Å². The molecule has 0 aliphatic carbocycles. The fraction of sp³-hybridized carbons (Fsp3) is 0.333. The van der Waals surface area contributed by atoms with Gasteiger partial charge in [-0.3, -0.25) is 0 Å². The summed E-state index contributed by atoms with van der Waals surface area (Å²) in [6.45, 7) is 1.67. The number of hydrogen-bond donors (Lipinski definition) is 0. The topological polar surface area (TPSA) is 35.5 Å². The molecule has 1 rings (SSSR count). The van der Waals surface area contributed by atoms with Gasteiger partial charge in [0.05, 0.1) is 7.11 Å². The second kappa shape index (κ2) is 5.16. The van der Waals surface area contributed by atoms with Crippen molar-refractivity contribution in [2.24, 2.45) is 0 Å². The molecule has 4 heteroatoms. The Morgan fingerprint density at radius 2 is 2.38 bits per heavy atom. The van der Waals surface area contributed by atoms with E-state index in [2.05, 4.69) is 12.8 Å². The van der Waals surface area contributed by atoms with Crippen LogP contribution in [0.4, 0.5) is 0 Å². The third-order valence-electron chi connectivity index (χ3n) is 1.45. The molecular formula is C9H11IO3. The predicted octanol–water partition coefficient (Wildman–Crippen LogP) is 1.75. The van der Waals surface area contributed by atoms with E-state index in [4.69, 9.17) is 4.74 Å². The molecule has 1 aliphatic heterocycles. The Kier molecular flexibility index (Phi) is 4.14. The Morgan fingerprint density at radius 3 is 2.92 bits per heavy atom. The second-order valence-corrected chi connectivity index (χ2v) is 4.55. The molecule has 3 nitrogen and oxygen atoms in total. The van der Waals surface area contributed by atoms with Crippen LogP contribution in [0.15, 0.2) is 22.0 Å². The number of methoxy groups -OCH3 is 1. The Morgan fingerprint density at radius 1 is 1.62 bits per heavy atom. The molecule has 0 bridgehead atoms. The SMILES string of the molecule is COC(=O)[C@H](C)OC1=CC=IC=C1. The summed E-state index contributed by atoms with van der Waals surface area (Å²) >= 11 is 0.0639. The zero-order valence-corrected chi connectivity index (χ0v) is 9.65. The molecule has 1 atom stereocenters. The largest absolute Gasteiger partial charge is 0.479 e. The molecule has 1 heterocycles. The third kappa shape index (κ3) is 3.30. The lowest BCUT2D eigenvalue weighted by Crippen LogP contribution is -2.21. The van der Waals surface area contributed by atoms with Gasteiger partial charge in [0.15, 0.2) is 6.10 Å². The molecule has 0 spiro atoms. The summed E-state index contributed by atoms with van der Waals surface area (Å²) in [6, 6.07) is 0. The summed E-state index contributed by atoms with van der Waals surface area (Å²) < 4.78 is 14.0. The van der Waals surface area contributed by atoms with Crippen molar-refractivity contribution in [1.29, 1.82) is 0 Å². The molecule has 0 unspecified atom stereocenters. The van der Waals surface area contributed by atoms with Crippen LogP contribution in [0.5, 0.6) is 0 Å². The lowest BCUT2D eigenvalue weighted by atomic mass is 10.4. The zero-order chi connectivity index (χ0) is 9.68. The minimum absolute atomic E-state index is 0.0639. The number of rotatable bonds is 3. The van der Waals surface area contributed by atoms with Gasteiger partial charge in [-0.2, -0.15) is 0 Å². The van der Waals surface area contributed by atoms with Gasteiger partial charge in [0.2, 0.25) is 0 Å². The van der Waals surface area contributed by atoms with Crippen LogP contribution in [-0.4, -0.2) is 23.2 Å². The van der Waals surface area contributed by atoms with Crippen molar-refractivity contribution in [2.75, 3.05) is 7.11 Å². The van der Waals surface area contributed by atoms with E-state index in [1.807, 2.05) is 12.2 Å². The second-order valence-electron chi connectivity index (χ2n) is 2.40. The van der Waals surface area contributed by atoms with E-state index in [0.29, 0.717) is 0 Å². The average molecular weight is 294 g/mol. The fourth-order valence-corrected chi connectivity index (χ4v) is 2.15. The zero-order valence-electron chi connectivity index (χ0n) is 7.49. The van der Waals surface area contributed by atoms with Crippen molar-refractivity contribution in [3.05, 3.63) is 22.0 Å². The molecule has 13 heavy (non-hydrogen) atoms. The Balaban J connectivity index is 2.49. The van der Waals surface area contributed by atoms with E-state index in [9.17, 15) is 4.79 Å². The first-order valence-electron chi connectivity index (χ1n) is 3.80. The van der Waals surface area contributed by atoms with Gasteiger partial charge in [0, 0.05) is 0 Å². The smallest absolute Gasteiger partial charge is 0.346 e. The minimum Gasteiger partial charge on any atom is -0.479 e.